The third-order valence-electron chi connectivity index (χ3n) is 3.57. The molecule has 1 saturated heterocycles. The molecule has 3 N–H and O–H groups in total. The zero-order chi connectivity index (χ0) is 12.3. The van der Waals surface area contributed by atoms with Gasteiger partial charge in [-0.25, -0.2) is 0 Å². The number of amides is 1. The third-order valence-corrected chi connectivity index (χ3v) is 3.57. The van der Waals surface area contributed by atoms with Crippen LogP contribution in [0.25, 0.3) is 0 Å². The van der Waals surface area contributed by atoms with Gasteiger partial charge in [-0.1, -0.05) is 30.3 Å². The standard InChI is InChI=1S/C13H19N3O.2ClH/c1-13(12(14)17,11-5-3-2-4-6-11)16-9-7-15-8-10-16;;/h2-6,15H,7-10H2,1H3,(H2,14,17);2*1H. The molecule has 108 valence electrons. The summed E-state index contributed by atoms with van der Waals surface area (Å²) in [4.78, 5) is 14.0. The van der Waals surface area contributed by atoms with Crippen LogP contribution in [-0.2, 0) is 10.3 Å². The SMILES string of the molecule is CC(C(N)=O)(c1ccccc1)N1CCNCC1.Cl.Cl. The summed E-state index contributed by atoms with van der Waals surface area (Å²) in [6, 6.07) is 9.76. The molecule has 0 radical (unpaired) electrons. The highest BCUT2D eigenvalue weighted by molar-refractivity contribution is 5.86. The van der Waals surface area contributed by atoms with Crippen molar-refractivity contribution in [2.75, 3.05) is 26.2 Å². The molecular weight excluding hydrogens is 285 g/mol. The van der Waals surface area contributed by atoms with Gasteiger partial charge in [0.15, 0.2) is 0 Å². The van der Waals surface area contributed by atoms with Gasteiger partial charge in [0.1, 0.15) is 5.54 Å². The average Bonchev–Trinajstić information content (AvgIpc) is 2.39. The largest absolute Gasteiger partial charge is 0.368 e. The van der Waals surface area contributed by atoms with Crippen LogP contribution in [0, 0.1) is 0 Å². The fourth-order valence-electron chi connectivity index (χ4n) is 2.36. The highest BCUT2D eigenvalue weighted by Crippen LogP contribution is 2.28. The number of benzene rings is 1. The van der Waals surface area contributed by atoms with Gasteiger partial charge in [0.2, 0.25) is 5.91 Å². The van der Waals surface area contributed by atoms with Gasteiger partial charge in [0.05, 0.1) is 0 Å². The van der Waals surface area contributed by atoms with Crippen LogP contribution in [0.4, 0.5) is 0 Å². The summed E-state index contributed by atoms with van der Waals surface area (Å²) in [6.45, 7) is 5.39. The lowest BCUT2D eigenvalue weighted by Gasteiger charge is -2.41. The van der Waals surface area contributed by atoms with Crippen molar-refractivity contribution in [3.05, 3.63) is 35.9 Å². The normalized spacial score (nSPS) is 18.6. The van der Waals surface area contributed by atoms with Crippen molar-refractivity contribution >= 4 is 30.7 Å². The van der Waals surface area contributed by atoms with E-state index in [0.717, 1.165) is 31.7 Å². The molecule has 1 aromatic carbocycles. The Hall–Kier alpha value is -0.810. The van der Waals surface area contributed by atoms with E-state index in [1.807, 2.05) is 37.3 Å². The van der Waals surface area contributed by atoms with Crippen molar-refractivity contribution in [3.63, 3.8) is 0 Å². The molecule has 6 heteroatoms. The fourth-order valence-corrected chi connectivity index (χ4v) is 2.36. The van der Waals surface area contributed by atoms with Crippen LogP contribution in [0.3, 0.4) is 0 Å². The van der Waals surface area contributed by atoms with E-state index < -0.39 is 5.54 Å². The monoisotopic (exact) mass is 305 g/mol. The fraction of sp³-hybridized carbons (Fsp3) is 0.462. The second-order valence-corrected chi connectivity index (χ2v) is 4.54. The highest BCUT2D eigenvalue weighted by Gasteiger charge is 2.39. The second-order valence-electron chi connectivity index (χ2n) is 4.54. The lowest BCUT2D eigenvalue weighted by atomic mass is 9.88. The molecule has 0 bridgehead atoms. The molecule has 2 rings (SSSR count). The first-order valence-electron chi connectivity index (χ1n) is 5.97. The van der Waals surface area contributed by atoms with E-state index in [1.165, 1.54) is 0 Å². The van der Waals surface area contributed by atoms with E-state index in [0.29, 0.717) is 0 Å². The zero-order valence-electron chi connectivity index (χ0n) is 11.0. The summed E-state index contributed by atoms with van der Waals surface area (Å²) in [5, 5.41) is 3.28. The summed E-state index contributed by atoms with van der Waals surface area (Å²) in [5.41, 5.74) is 5.89. The lowest BCUT2D eigenvalue weighted by molar-refractivity contribution is -0.130. The molecule has 0 spiro atoms. The molecule has 1 amide bonds. The summed E-state index contributed by atoms with van der Waals surface area (Å²) < 4.78 is 0. The lowest BCUT2D eigenvalue weighted by Crippen LogP contribution is -2.58. The summed E-state index contributed by atoms with van der Waals surface area (Å²) in [7, 11) is 0. The Morgan fingerprint density at radius 3 is 2.21 bits per heavy atom. The molecule has 1 aliphatic heterocycles. The van der Waals surface area contributed by atoms with Crippen LogP contribution in [0.15, 0.2) is 30.3 Å². The van der Waals surface area contributed by atoms with Crippen LogP contribution < -0.4 is 11.1 Å². The quantitative estimate of drug-likeness (QED) is 0.880. The first-order chi connectivity index (χ1) is 8.15. The van der Waals surface area contributed by atoms with Crippen molar-refractivity contribution in [1.29, 1.82) is 0 Å². The van der Waals surface area contributed by atoms with E-state index in [2.05, 4.69) is 10.2 Å². The molecule has 1 heterocycles. The van der Waals surface area contributed by atoms with E-state index in [4.69, 9.17) is 5.73 Å². The summed E-state index contributed by atoms with van der Waals surface area (Å²) >= 11 is 0. The number of hydrogen-bond acceptors (Lipinski definition) is 3. The van der Waals surface area contributed by atoms with E-state index in [1.54, 1.807) is 0 Å². The topological polar surface area (TPSA) is 58.4 Å². The van der Waals surface area contributed by atoms with Crippen molar-refractivity contribution in [2.45, 2.75) is 12.5 Å². The minimum absolute atomic E-state index is 0. The Morgan fingerprint density at radius 2 is 1.74 bits per heavy atom. The van der Waals surface area contributed by atoms with Gasteiger partial charge in [0, 0.05) is 26.2 Å². The predicted molar refractivity (Wildman–Crippen MR) is 81.9 cm³/mol. The van der Waals surface area contributed by atoms with Crippen molar-refractivity contribution in [1.82, 2.24) is 10.2 Å². The average molecular weight is 306 g/mol. The van der Waals surface area contributed by atoms with Gasteiger partial charge < -0.3 is 11.1 Å². The maximum absolute atomic E-state index is 11.9. The highest BCUT2D eigenvalue weighted by atomic mass is 35.5. The predicted octanol–water partition coefficient (Wildman–Crippen LogP) is 1.14. The minimum atomic E-state index is -0.705. The molecule has 1 aliphatic rings. The summed E-state index contributed by atoms with van der Waals surface area (Å²) in [6.07, 6.45) is 0. The number of halogens is 2. The molecule has 1 atom stereocenters. The molecule has 4 nitrogen and oxygen atoms in total. The molecule has 1 fully saturated rings. The Labute approximate surface area is 126 Å². The van der Waals surface area contributed by atoms with Crippen LogP contribution >= 0.6 is 24.8 Å². The first-order valence-corrected chi connectivity index (χ1v) is 5.97. The van der Waals surface area contributed by atoms with Gasteiger partial charge >= 0.3 is 0 Å². The van der Waals surface area contributed by atoms with Gasteiger partial charge in [-0.05, 0) is 12.5 Å². The number of carbonyl (C=O) groups excluding carboxylic acids is 1. The second kappa shape index (κ2) is 7.70. The first kappa shape index (κ1) is 18.2. The summed E-state index contributed by atoms with van der Waals surface area (Å²) in [5.74, 6) is -0.286. The van der Waals surface area contributed by atoms with Gasteiger partial charge in [-0.3, -0.25) is 9.69 Å². The maximum atomic E-state index is 11.9. The Balaban J connectivity index is 0.00000162. The number of primary amides is 1. The van der Waals surface area contributed by atoms with E-state index >= 15 is 0 Å². The molecule has 0 saturated carbocycles. The van der Waals surface area contributed by atoms with E-state index in [9.17, 15) is 4.79 Å². The van der Waals surface area contributed by atoms with Gasteiger partial charge in [0.25, 0.3) is 0 Å². The van der Waals surface area contributed by atoms with Crippen LogP contribution in [0.5, 0.6) is 0 Å². The number of hydrogen-bond donors (Lipinski definition) is 2. The number of piperazine rings is 1. The Bertz CT molecular complexity index is 396. The van der Waals surface area contributed by atoms with Crippen molar-refractivity contribution in [2.24, 2.45) is 5.73 Å². The van der Waals surface area contributed by atoms with E-state index in [-0.39, 0.29) is 30.7 Å². The number of nitrogens with one attached hydrogen (secondary N) is 1. The Kier molecular flexibility index (Phi) is 7.37. The van der Waals surface area contributed by atoms with Gasteiger partial charge in [-0.15, -0.1) is 24.8 Å². The van der Waals surface area contributed by atoms with Crippen LogP contribution in [0.2, 0.25) is 0 Å². The maximum Gasteiger partial charge on any atom is 0.242 e. The van der Waals surface area contributed by atoms with Crippen molar-refractivity contribution < 1.29 is 4.79 Å². The molecule has 1 unspecified atom stereocenters. The molecule has 19 heavy (non-hydrogen) atoms. The van der Waals surface area contributed by atoms with Crippen LogP contribution in [0.1, 0.15) is 12.5 Å². The van der Waals surface area contributed by atoms with Gasteiger partial charge in [-0.2, -0.15) is 0 Å². The number of carbonyl (C=O) groups is 1. The van der Waals surface area contributed by atoms with Crippen molar-refractivity contribution in [3.8, 4) is 0 Å². The Morgan fingerprint density at radius 1 is 1.21 bits per heavy atom. The molecule has 0 aromatic heterocycles. The number of rotatable bonds is 3. The zero-order valence-corrected chi connectivity index (χ0v) is 12.6. The molecule has 1 aromatic rings. The van der Waals surface area contributed by atoms with Crippen LogP contribution in [-0.4, -0.2) is 37.0 Å². The molecule has 0 aliphatic carbocycles. The third kappa shape index (κ3) is 3.60. The smallest absolute Gasteiger partial charge is 0.242 e. The number of nitrogens with zero attached hydrogens (tertiary/aromatic N) is 1. The molecular formula is C13H21Cl2N3O. The minimum Gasteiger partial charge on any atom is -0.368 e. The number of nitrogens with two attached hydrogens (primary N) is 1.